The first-order valence-corrected chi connectivity index (χ1v) is 7.15. The lowest BCUT2D eigenvalue weighted by Gasteiger charge is -2.30. The van der Waals surface area contributed by atoms with E-state index in [9.17, 15) is 14.4 Å². The lowest BCUT2D eigenvalue weighted by Crippen LogP contribution is -2.46. The van der Waals surface area contributed by atoms with Gasteiger partial charge in [-0.3, -0.25) is 19.0 Å². The minimum Gasteiger partial charge on any atom is -0.481 e. The zero-order valence-corrected chi connectivity index (χ0v) is 12.9. The van der Waals surface area contributed by atoms with Gasteiger partial charge in [-0.2, -0.15) is 0 Å². The molecule has 0 bridgehead atoms. The van der Waals surface area contributed by atoms with E-state index in [1.54, 1.807) is 12.3 Å². The molecule has 112 valence electrons. The van der Waals surface area contributed by atoms with E-state index in [1.165, 1.54) is 4.57 Å². The Kier molecular flexibility index (Phi) is 5.10. The molecule has 0 saturated heterocycles. The van der Waals surface area contributed by atoms with Gasteiger partial charge in [0.05, 0.1) is 6.42 Å². The van der Waals surface area contributed by atoms with Gasteiger partial charge in [0, 0.05) is 17.1 Å². The molecule has 20 heavy (non-hydrogen) atoms. The van der Waals surface area contributed by atoms with Crippen molar-refractivity contribution in [1.82, 2.24) is 9.88 Å². The van der Waals surface area contributed by atoms with Crippen LogP contribution in [0.4, 0.5) is 0 Å². The third-order valence-corrected chi connectivity index (χ3v) is 3.92. The molecular weight excluding hydrogens is 280 g/mol. The van der Waals surface area contributed by atoms with Gasteiger partial charge in [-0.15, -0.1) is 0 Å². The summed E-state index contributed by atoms with van der Waals surface area (Å²) in [7, 11) is 0. The standard InChI is InChI=1S/C13H20N2O4S/c1-8-7-20-12(19)15(8)6-10(16)14-9(5-11(17)18)13(2,3)4/h7,9H,5-6H2,1-4H3,(H,14,16)(H,17,18). The predicted molar refractivity (Wildman–Crippen MR) is 77.0 cm³/mol. The molecule has 1 aromatic rings. The van der Waals surface area contributed by atoms with Crippen molar-refractivity contribution >= 4 is 23.2 Å². The van der Waals surface area contributed by atoms with E-state index in [0.717, 1.165) is 17.0 Å². The van der Waals surface area contributed by atoms with Crippen molar-refractivity contribution in [3.8, 4) is 0 Å². The first-order chi connectivity index (χ1) is 9.11. The number of hydrogen-bond donors (Lipinski definition) is 2. The maximum Gasteiger partial charge on any atom is 0.307 e. The van der Waals surface area contributed by atoms with Gasteiger partial charge in [0.1, 0.15) is 6.54 Å². The highest BCUT2D eigenvalue weighted by Gasteiger charge is 2.28. The summed E-state index contributed by atoms with van der Waals surface area (Å²) in [5, 5.41) is 13.3. The molecule has 0 aliphatic carbocycles. The second kappa shape index (κ2) is 6.21. The van der Waals surface area contributed by atoms with E-state index in [2.05, 4.69) is 5.32 Å². The van der Waals surface area contributed by atoms with Gasteiger partial charge < -0.3 is 10.4 Å². The number of aromatic nitrogens is 1. The Hall–Kier alpha value is -1.63. The molecule has 1 amide bonds. The molecule has 2 N–H and O–H groups in total. The second-order valence-electron chi connectivity index (χ2n) is 5.81. The van der Waals surface area contributed by atoms with E-state index >= 15 is 0 Å². The second-order valence-corrected chi connectivity index (χ2v) is 6.63. The van der Waals surface area contributed by atoms with Gasteiger partial charge in [0.25, 0.3) is 0 Å². The van der Waals surface area contributed by atoms with Crippen LogP contribution in [0.5, 0.6) is 0 Å². The molecule has 1 rings (SSSR count). The molecule has 0 spiro atoms. The molecule has 0 radical (unpaired) electrons. The molecular formula is C13H20N2O4S. The van der Waals surface area contributed by atoms with Crippen molar-refractivity contribution in [2.45, 2.75) is 46.7 Å². The largest absolute Gasteiger partial charge is 0.481 e. The average Bonchev–Trinajstić information content (AvgIpc) is 2.58. The highest BCUT2D eigenvalue weighted by molar-refractivity contribution is 7.07. The molecule has 0 aliphatic heterocycles. The van der Waals surface area contributed by atoms with Crippen LogP contribution >= 0.6 is 11.3 Å². The lowest BCUT2D eigenvalue weighted by atomic mass is 9.84. The normalized spacial score (nSPS) is 13.0. The topological polar surface area (TPSA) is 88.4 Å². The van der Waals surface area contributed by atoms with Crippen LogP contribution in [0.3, 0.4) is 0 Å². The molecule has 1 heterocycles. The summed E-state index contributed by atoms with van der Waals surface area (Å²) in [4.78, 5) is 34.2. The number of nitrogens with one attached hydrogen (secondary N) is 1. The number of nitrogens with zero attached hydrogens (tertiary/aromatic N) is 1. The zero-order valence-electron chi connectivity index (χ0n) is 12.1. The van der Waals surface area contributed by atoms with Crippen molar-refractivity contribution in [2.75, 3.05) is 0 Å². The van der Waals surface area contributed by atoms with Gasteiger partial charge in [0.2, 0.25) is 5.91 Å². The Morgan fingerprint density at radius 2 is 2.05 bits per heavy atom. The summed E-state index contributed by atoms with van der Waals surface area (Å²) in [5.74, 6) is -1.32. The highest BCUT2D eigenvalue weighted by atomic mass is 32.1. The minimum absolute atomic E-state index is 0.0830. The number of hydrogen-bond acceptors (Lipinski definition) is 4. The van der Waals surface area contributed by atoms with E-state index < -0.39 is 12.0 Å². The average molecular weight is 300 g/mol. The highest BCUT2D eigenvalue weighted by Crippen LogP contribution is 2.21. The Morgan fingerprint density at radius 3 is 2.45 bits per heavy atom. The first kappa shape index (κ1) is 16.4. The molecule has 0 saturated carbocycles. The predicted octanol–water partition coefficient (Wildman–Crippen LogP) is 1.22. The maximum atomic E-state index is 12.0. The fourth-order valence-electron chi connectivity index (χ4n) is 1.73. The third-order valence-electron chi connectivity index (χ3n) is 3.04. The number of carboxylic acid groups (broad SMARTS) is 1. The van der Waals surface area contributed by atoms with E-state index in [0.29, 0.717) is 0 Å². The number of amides is 1. The van der Waals surface area contributed by atoms with Gasteiger partial charge in [0.15, 0.2) is 0 Å². The molecule has 0 aromatic carbocycles. The smallest absolute Gasteiger partial charge is 0.307 e. The van der Waals surface area contributed by atoms with Crippen molar-refractivity contribution in [2.24, 2.45) is 5.41 Å². The number of thiazole rings is 1. The van der Waals surface area contributed by atoms with Crippen LogP contribution < -0.4 is 10.2 Å². The van der Waals surface area contributed by atoms with Crippen LogP contribution in [0.25, 0.3) is 0 Å². The van der Waals surface area contributed by atoms with E-state index in [4.69, 9.17) is 5.11 Å². The quantitative estimate of drug-likeness (QED) is 0.856. The fourth-order valence-corrected chi connectivity index (χ4v) is 2.46. The number of aliphatic carboxylic acids is 1. The molecule has 0 fully saturated rings. The number of rotatable bonds is 5. The Balaban J connectivity index is 2.77. The van der Waals surface area contributed by atoms with Crippen LogP contribution in [-0.4, -0.2) is 27.6 Å². The number of carbonyl (C=O) groups excluding carboxylic acids is 1. The monoisotopic (exact) mass is 300 g/mol. The zero-order chi connectivity index (χ0) is 15.5. The summed E-state index contributed by atoms with van der Waals surface area (Å²) >= 11 is 1.04. The van der Waals surface area contributed by atoms with Gasteiger partial charge in [-0.25, -0.2) is 0 Å². The number of carboxylic acids is 1. The van der Waals surface area contributed by atoms with Crippen LogP contribution in [0.15, 0.2) is 10.2 Å². The van der Waals surface area contributed by atoms with E-state index in [-0.39, 0.29) is 29.2 Å². The minimum atomic E-state index is -0.964. The van der Waals surface area contributed by atoms with Crippen LogP contribution in [0, 0.1) is 12.3 Å². The number of aryl methyl sites for hydroxylation is 1. The van der Waals surface area contributed by atoms with Crippen molar-refractivity contribution in [1.29, 1.82) is 0 Å². The van der Waals surface area contributed by atoms with Gasteiger partial charge >= 0.3 is 10.8 Å². The van der Waals surface area contributed by atoms with E-state index in [1.807, 2.05) is 20.8 Å². The SMILES string of the molecule is Cc1csc(=O)n1CC(=O)NC(CC(=O)O)C(C)(C)C. The molecule has 7 heteroatoms. The van der Waals surface area contributed by atoms with Crippen molar-refractivity contribution < 1.29 is 14.7 Å². The third kappa shape index (κ3) is 4.48. The summed E-state index contributed by atoms with van der Waals surface area (Å²) in [6, 6.07) is -0.484. The Bertz CT molecular complexity index is 553. The molecule has 6 nitrogen and oxygen atoms in total. The maximum absolute atomic E-state index is 12.0. The van der Waals surface area contributed by atoms with Crippen molar-refractivity contribution in [3.63, 3.8) is 0 Å². The van der Waals surface area contributed by atoms with Crippen LogP contribution in [0.2, 0.25) is 0 Å². The molecule has 0 aliphatic rings. The summed E-state index contributed by atoms with van der Waals surface area (Å²) in [6.07, 6.45) is -0.146. The summed E-state index contributed by atoms with van der Waals surface area (Å²) in [5.41, 5.74) is 0.351. The Morgan fingerprint density at radius 1 is 1.45 bits per heavy atom. The molecule has 1 unspecified atom stereocenters. The fraction of sp³-hybridized carbons (Fsp3) is 0.615. The van der Waals surface area contributed by atoms with Crippen LogP contribution in [-0.2, 0) is 16.1 Å². The van der Waals surface area contributed by atoms with Crippen molar-refractivity contribution in [3.05, 3.63) is 20.7 Å². The Labute approximate surface area is 121 Å². The lowest BCUT2D eigenvalue weighted by molar-refractivity contribution is -0.138. The first-order valence-electron chi connectivity index (χ1n) is 6.27. The summed E-state index contributed by atoms with van der Waals surface area (Å²) in [6.45, 7) is 7.26. The summed E-state index contributed by atoms with van der Waals surface area (Å²) < 4.78 is 1.38. The molecule has 1 atom stereocenters. The van der Waals surface area contributed by atoms with Gasteiger partial charge in [-0.05, 0) is 12.3 Å². The van der Waals surface area contributed by atoms with Crippen LogP contribution in [0.1, 0.15) is 32.9 Å². The number of carbonyl (C=O) groups is 2. The van der Waals surface area contributed by atoms with Gasteiger partial charge in [-0.1, -0.05) is 32.1 Å². The molecule has 1 aromatic heterocycles.